The molecular formula is C14H14O2. The lowest BCUT2D eigenvalue weighted by atomic mass is 9.88. The minimum absolute atomic E-state index is 0.0355. The summed E-state index contributed by atoms with van der Waals surface area (Å²) in [5.41, 5.74) is 1.61. The second-order valence-electron chi connectivity index (χ2n) is 3.88. The standard InChI is InChI=1S/C14H14O2/c1-3-7-12-13(10(2)14(15)16-12)11-8-5-4-6-9-11/h3-6,8-9,12-13H,1-2,7H2/t12-,13+/m0/s1. The highest BCUT2D eigenvalue weighted by atomic mass is 16.6. The van der Waals surface area contributed by atoms with Crippen LogP contribution in [-0.2, 0) is 9.53 Å². The highest BCUT2D eigenvalue weighted by Crippen LogP contribution is 2.37. The van der Waals surface area contributed by atoms with E-state index >= 15 is 0 Å². The normalized spacial score (nSPS) is 24.2. The number of carbonyl (C=O) groups is 1. The Hall–Kier alpha value is -1.83. The molecule has 1 aliphatic rings. The fourth-order valence-electron chi connectivity index (χ4n) is 2.06. The van der Waals surface area contributed by atoms with Gasteiger partial charge in [-0.05, 0) is 5.56 Å². The van der Waals surface area contributed by atoms with Crippen molar-refractivity contribution in [1.82, 2.24) is 0 Å². The van der Waals surface area contributed by atoms with Gasteiger partial charge in [0.15, 0.2) is 0 Å². The van der Waals surface area contributed by atoms with Gasteiger partial charge in [-0.2, -0.15) is 0 Å². The molecule has 0 aliphatic carbocycles. The van der Waals surface area contributed by atoms with Crippen molar-refractivity contribution in [3.8, 4) is 0 Å². The van der Waals surface area contributed by atoms with Crippen LogP contribution in [0.3, 0.4) is 0 Å². The summed E-state index contributed by atoms with van der Waals surface area (Å²) in [4.78, 5) is 11.5. The smallest absolute Gasteiger partial charge is 0.334 e. The summed E-state index contributed by atoms with van der Waals surface area (Å²) in [6, 6.07) is 9.85. The average Bonchev–Trinajstić information content (AvgIpc) is 2.57. The maximum Gasteiger partial charge on any atom is 0.334 e. The van der Waals surface area contributed by atoms with E-state index < -0.39 is 0 Å². The molecule has 2 rings (SSSR count). The molecule has 0 aromatic heterocycles. The van der Waals surface area contributed by atoms with Crippen molar-refractivity contribution in [1.29, 1.82) is 0 Å². The van der Waals surface area contributed by atoms with Crippen molar-refractivity contribution >= 4 is 5.97 Å². The van der Waals surface area contributed by atoms with Gasteiger partial charge in [-0.25, -0.2) is 4.79 Å². The molecule has 1 aromatic carbocycles. The number of carbonyl (C=O) groups excluding carboxylic acids is 1. The number of rotatable bonds is 3. The molecule has 0 radical (unpaired) electrons. The van der Waals surface area contributed by atoms with Crippen LogP contribution in [0.1, 0.15) is 17.9 Å². The third-order valence-electron chi connectivity index (χ3n) is 2.83. The fourth-order valence-corrected chi connectivity index (χ4v) is 2.06. The maximum absolute atomic E-state index is 11.5. The van der Waals surface area contributed by atoms with Crippen molar-refractivity contribution in [2.24, 2.45) is 0 Å². The summed E-state index contributed by atoms with van der Waals surface area (Å²) in [5.74, 6) is -0.326. The van der Waals surface area contributed by atoms with Crippen LogP contribution in [0.5, 0.6) is 0 Å². The Morgan fingerprint density at radius 3 is 2.62 bits per heavy atom. The fraction of sp³-hybridized carbons (Fsp3) is 0.214. The lowest BCUT2D eigenvalue weighted by Crippen LogP contribution is -2.13. The first-order chi connectivity index (χ1) is 7.74. The van der Waals surface area contributed by atoms with Crippen LogP contribution in [0.15, 0.2) is 55.1 Å². The van der Waals surface area contributed by atoms with Crippen LogP contribution in [0.2, 0.25) is 0 Å². The van der Waals surface area contributed by atoms with Crippen LogP contribution in [0, 0.1) is 0 Å². The zero-order chi connectivity index (χ0) is 11.5. The molecule has 1 aromatic rings. The van der Waals surface area contributed by atoms with Gasteiger partial charge in [0.25, 0.3) is 0 Å². The monoisotopic (exact) mass is 214 g/mol. The van der Waals surface area contributed by atoms with Crippen LogP contribution in [0.25, 0.3) is 0 Å². The molecule has 1 aliphatic heterocycles. The predicted octanol–water partition coefficient (Wildman–Crippen LogP) is 2.83. The number of ether oxygens (including phenoxy) is 1. The van der Waals surface area contributed by atoms with E-state index in [2.05, 4.69) is 13.2 Å². The largest absolute Gasteiger partial charge is 0.458 e. The molecule has 1 saturated heterocycles. The molecule has 1 heterocycles. The Morgan fingerprint density at radius 2 is 2.00 bits per heavy atom. The SMILES string of the molecule is C=CC[C@@H]1OC(=O)C(=C)[C@@H]1c1ccccc1. The molecule has 2 heteroatoms. The third-order valence-corrected chi connectivity index (χ3v) is 2.83. The molecule has 1 fully saturated rings. The molecule has 0 saturated carbocycles. The van der Waals surface area contributed by atoms with Crippen LogP contribution >= 0.6 is 0 Å². The Balaban J connectivity index is 2.33. The first-order valence-corrected chi connectivity index (χ1v) is 5.29. The predicted molar refractivity (Wildman–Crippen MR) is 63.0 cm³/mol. The van der Waals surface area contributed by atoms with E-state index in [1.165, 1.54) is 0 Å². The summed E-state index contributed by atoms with van der Waals surface area (Å²) in [6.45, 7) is 7.50. The van der Waals surface area contributed by atoms with Gasteiger partial charge in [-0.3, -0.25) is 0 Å². The van der Waals surface area contributed by atoms with Crippen LogP contribution < -0.4 is 0 Å². The van der Waals surface area contributed by atoms with Crippen LogP contribution in [-0.4, -0.2) is 12.1 Å². The van der Waals surface area contributed by atoms with E-state index in [0.717, 1.165) is 5.56 Å². The Kier molecular flexibility index (Phi) is 2.91. The minimum Gasteiger partial charge on any atom is -0.458 e. The van der Waals surface area contributed by atoms with E-state index in [9.17, 15) is 4.79 Å². The van der Waals surface area contributed by atoms with Gasteiger partial charge in [0.1, 0.15) is 6.10 Å². The first kappa shape index (κ1) is 10.7. The minimum atomic E-state index is -0.291. The summed E-state index contributed by atoms with van der Waals surface area (Å²) >= 11 is 0. The zero-order valence-electron chi connectivity index (χ0n) is 9.06. The second-order valence-corrected chi connectivity index (χ2v) is 3.88. The average molecular weight is 214 g/mol. The topological polar surface area (TPSA) is 26.3 Å². The van der Waals surface area contributed by atoms with Gasteiger partial charge < -0.3 is 4.74 Å². The van der Waals surface area contributed by atoms with Crippen LogP contribution in [0.4, 0.5) is 0 Å². The lowest BCUT2D eigenvalue weighted by Gasteiger charge is -2.16. The summed E-state index contributed by atoms with van der Waals surface area (Å²) < 4.78 is 5.27. The second kappa shape index (κ2) is 4.35. The quantitative estimate of drug-likeness (QED) is 0.439. The summed E-state index contributed by atoms with van der Waals surface area (Å²) in [6.07, 6.45) is 2.27. The van der Waals surface area contributed by atoms with Gasteiger partial charge in [0, 0.05) is 12.0 Å². The van der Waals surface area contributed by atoms with Gasteiger partial charge >= 0.3 is 5.97 Å². The summed E-state index contributed by atoms with van der Waals surface area (Å²) in [5, 5.41) is 0. The number of esters is 1. The number of benzene rings is 1. The zero-order valence-corrected chi connectivity index (χ0v) is 9.06. The Labute approximate surface area is 95.2 Å². The van der Waals surface area contributed by atoms with E-state index in [1.807, 2.05) is 30.3 Å². The number of hydrogen-bond acceptors (Lipinski definition) is 2. The van der Waals surface area contributed by atoms with Crippen molar-refractivity contribution < 1.29 is 9.53 Å². The van der Waals surface area contributed by atoms with E-state index in [1.54, 1.807) is 6.08 Å². The molecule has 0 bridgehead atoms. The maximum atomic E-state index is 11.5. The number of hydrogen-bond donors (Lipinski definition) is 0. The van der Waals surface area contributed by atoms with Crippen molar-refractivity contribution in [3.05, 3.63) is 60.7 Å². The molecule has 16 heavy (non-hydrogen) atoms. The molecule has 82 valence electrons. The van der Waals surface area contributed by atoms with Crippen molar-refractivity contribution in [2.45, 2.75) is 18.4 Å². The number of cyclic esters (lactones) is 1. The molecule has 0 spiro atoms. The first-order valence-electron chi connectivity index (χ1n) is 5.29. The van der Waals surface area contributed by atoms with E-state index in [-0.39, 0.29) is 18.0 Å². The molecule has 2 atom stereocenters. The molecule has 0 amide bonds. The Bertz CT molecular complexity index is 420. The van der Waals surface area contributed by atoms with Gasteiger partial charge in [-0.15, -0.1) is 6.58 Å². The van der Waals surface area contributed by atoms with Crippen molar-refractivity contribution in [2.75, 3.05) is 0 Å². The van der Waals surface area contributed by atoms with Gasteiger partial charge in [0.05, 0.1) is 5.92 Å². The molecular weight excluding hydrogens is 200 g/mol. The third kappa shape index (κ3) is 1.78. The molecule has 0 unspecified atom stereocenters. The van der Waals surface area contributed by atoms with Crippen molar-refractivity contribution in [3.63, 3.8) is 0 Å². The summed E-state index contributed by atoms with van der Waals surface area (Å²) in [7, 11) is 0. The van der Waals surface area contributed by atoms with Gasteiger partial charge in [0.2, 0.25) is 0 Å². The Morgan fingerprint density at radius 1 is 1.31 bits per heavy atom. The molecule has 0 N–H and O–H groups in total. The van der Waals surface area contributed by atoms with E-state index in [0.29, 0.717) is 12.0 Å². The van der Waals surface area contributed by atoms with Gasteiger partial charge in [-0.1, -0.05) is 43.0 Å². The highest BCUT2D eigenvalue weighted by Gasteiger charge is 2.38. The highest BCUT2D eigenvalue weighted by molar-refractivity contribution is 5.92. The van der Waals surface area contributed by atoms with E-state index in [4.69, 9.17) is 4.74 Å². The lowest BCUT2D eigenvalue weighted by molar-refractivity contribution is -0.138. The molecule has 2 nitrogen and oxygen atoms in total.